The zero-order valence-electron chi connectivity index (χ0n) is 12.3. The lowest BCUT2D eigenvalue weighted by atomic mass is 10.1. The van der Waals surface area contributed by atoms with Gasteiger partial charge in [-0.1, -0.05) is 0 Å². The maximum absolute atomic E-state index is 12.8. The Bertz CT molecular complexity index is 594. The van der Waals surface area contributed by atoms with Gasteiger partial charge in [0.2, 0.25) is 0 Å². The van der Waals surface area contributed by atoms with Crippen LogP contribution in [0.25, 0.3) is 0 Å². The topological polar surface area (TPSA) is 83.4 Å². The Labute approximate surface area is 131 Å². The average Bonchev–Trinajstić information content (AvgIpc) is 2.79. The summed E-state index contributed by atoms with van der Waals surface area (Å²) in [5, 5.41) is 9.72. The number of rotatable bonds is 3. The van der Waals surface area contributed by atoms with E-state index in [1.54, 1.807) is 13.8 Å². The molecule has 0 aromatic carbocycles. The summed E-state index contributed by atoms with van der Waals surface area (Å²) in [6.07, 6.45) is 1.84. The van der Waals surface area contributed by atoms with Crippen LogP contribution >= 0.6 is 23.5 Å². The maximum Gasteiger partial charge on any atom is 0.327 e. The van der Waals surface area contributed by atoms with E-state index < -0.39 is 12.0 Å². The number of amides is 1. The maximum atomic E-state index is 12.8. The standard InChI is InChI=1S/C13H17N3O3S2/c1-6-10(11(20-4)15-7(2)14-6)12(17)16-8(3)21-5-9(16)13(18)19/h8-9H,5H2,1-4H3,(H,18,19). The van der Waals surface area contributed by atoms with Crippen molar-refractivity contribution >= 4 is 35.4 Å². The van der Waals surface area contributed by atoms with E-state index in [1.165, 1.54) is 28.4 Å². The first-order valence-electron chi connectivity index (χ1n) is 6.43. The molecule has 8 heteroatoms. The number of aryl methyl sites for hydroxylation is 2. The largest absolute Gasteiger partial charge is 0.480 e. The molecule has 1 saturated heterocycles. The Morgan fingerprint density at radius 1 is 1.38 bits per heavy atom. The zero-order chi connectivity index (χ0) is 15.7. The molecule has 1 amide bonds. The third kappa shape index (κ3) is 3.01. The normalized spacial score (nSPS) is 21.6. The van der Waals surface area contributed by atoms with Crippen LogP contribution < -0.4 is 0 Å². The highest BCUT2D eigenvalue weighted by Crippen LogP contribution is 2.32. The minimum Gasteiger partial charge on any atom is -0.480 e. The van der Waals surface area contributed by atoms with Gasteiger partial charge in [0.15, 0.2) is 0 Å². The number of aromatic nitrogens is 2. The summed E-state index contributed by atoms with van der Waals surface area (Å²) in [5.74, 6) is -0.270. The van der Waals surface area contributed by atoms with E-state index >= 15 is 0 Å². The predicted molar refractivity (Wildman–Crippen MR) is 82.8 cm³/mol. The Morgan fingerprint density at radius 3 is 2.62 bits per heavy atom. The quantitative estimate of drug-likeness (QED) is 0.669. The average molecular weight is 327 g/mol. The molecule has 1 aromatic heterocycles. The van der Waals surface area contributed by atoms with Gasteiger partial charge in [-0.2, -0.15) is 0 Å². The van der Waals surface area contributed by atoms with Crippen molar-refractivity contribution in [2.45, 2.75) is 37.2 Å². The van der Waals surface area contributed by atoms with Gasteiger partial charge in [-0.15, -0.1) is 23.5 Å². The summed E-state index contributed by atoms with van der Waals surface area (Å²) in [6.45, 7) is 5.37. The van der Waals surface area contributed by atoms with Crippen LogP contribution in [0.2, 0.25) is 0 Å². The lowest BCUT2D eigenvalue weighted by Gasteiger charge is -2.26. The molecule has 1 N–H and O–H groups in total. The molecule has 6 nitrogen and oxygen atoms in total. The fraction of sp³-hybridized carbons (Fsp3) is 0.538. The van der Waals surface area contributed by atoms with Crippen molar-refractivity contribution in [3.8, 4) is 0 Å². The van der Waals surface area contributed by atoms with E-state index in [0.717, 1.165) is 0 Å². The lowest BCUT2D eigenvalue weighted by molar-refractivity contribution is -0.141. The minimum absolute atomic E-state index is 0.172. The fourth-order valence-corrected chi connectivity index (χ4v) is 4.18. The van der Waals surface area contributed by atoms with Crippen LogP contribution in [-0.2, 0) is 4.79 Å². The molecule has 2 unspecified atom stereocenters. The molecule has 2 atom stereocenters. The molecular weight excluding hydrogens is 310 g/mol. The first kappa shape index (κ1) is 16.1. The van der Waals surface area contributed by atoms with Gasteiger partial charge in [-0.3, -0.25) is 4.79 Å². The number of thioether (sulfide) groups is 2. The van der Waals surface area contributed by atoms with Gasteiger partial charge in [-0.05, 0) is 27.0 Å². The van der Waals surface area contributed by atoms with E-state index in [2.05, 4.69) is 9.97 Å². The number of carbonyl (C=O) groups excluding carboxylic acids is 1. The third-order valence-corrected chi connectivity index (χ3v) is 5.22. The van der Waals surface area contributed by atoms with Crippen molar-refractivity contribution in [2.75, 3.05) is 12.0 Å². The van der Waals surface area contributed by atoms with Crippen molar-refractivity contribution in [3.05, 3.63) is 17.1 Å². The number of hydrogen-bond donors (Lipinski definition) is 1. The van der Waals surface area contributed by atoms with E-state index in [-0.39, 0.29) is 11.3 Å². The molecule has 1 aliphatic rings. The van der Waals surface area contributed by atoms with Crippen molar-refractivity contribution < 1.29 is 14.7 Å². The van der Waals surface area contributed by atoms with Crippen LogP contribution in [0.4, 0.5) is 0 Å². The summed E-state index contributed by atoms with van der Waals surface area (Å²) >= 11 is 2.83. The second kappa shape index (κ2) is 6.23. The van der Waals surface area contributed by atoms with E-state index in [0.29, 0.717) is 27.9 Å². The lowest BCUT2D eigenvalue weighted by Crippen LogP contribution is -2.45. The van der Waals surface area contributed by atoms with Gasteiger partial charge in [0.05, 0.1) is 16.6 Å². The van der Waals surface area contributed by atoms with Crippen molar-refractivity contribution in [3.63, 3.8) is 0 Å². The Hall–Kier alpha value is -1.28. The fourth-order valence-electron chi connectivity index (χ4n) is 2.35. The van der Waals surface area contributed by atoms with Crippen LogP contribution in [-0.4, -0.2) is 55.3 Å². The highest BCUT2D eigenvalue weighted by atomic mass is 32.2. The van der Waals surface area contributed by atoms with E-state index in [9.17, 15) is 14.7 Å². The molecule has 0 radical (unpaired) electrons. The van der Waals surface area contributed by atoms with E-state index in [1.807, 2.05) is 13.2 Å². The number of nitrogens with zero attached hydrogens (tertiary/aromatic N) is 3. The Morgan fingerprint density at radius 2 is 2.05 bits per heavy atom. The van der Waals surface area contributed by atoms with Gasteiger partial charge in [-0.25, -0.2) is 14.8 Å². The Kier molecular flexibility index (Phi) is 4.77. The zero-order valence-corrected chi connectivity index (χ0v) is 13.9. The minimum atomic E-state index is -0.975. The highest BCUT2D eigenvalue weighted by Gasteiger charge is 2.41. The van der Waals surface area contributed by atoms with Crippen LogP contribution in [0, 0.1) is 13.8 Å². The molecule has 1 aliphatic heterocycles. The molecule has 0 saturated carbocycles. The van der Waals surface area contributed by atoms with Crippen molar-refractivity contribution in [2.24, 2.45) is 0 Å². The number of carboxylic acid groups (broad SMARTS) is 1. The predicted octanol–water partition coefficient (Wildman–Crippen LogP) is 1.80. The number of aliphatic carboxylic acids is 1. The monoisotopic (exact) mass is 327 g/mol. The van der Waals surface area contributed by atoms with Gasteiger partial charge < -0.3 is 10.0 Å². The molecule has 0 bridgehead atoms. The molecule has 0 spiro atoms. The Balaban J connectivity index is 2.46. The summed E-state index contributed by atoms with van der Waals surface area (Å²) in [4.78, 5) is 34.1. The molecule has 1 aromatic rings. The molecule has 2 rings (SSSR count). The van der Waals surface area contributed by atoms with E-state index in [4.69, 9.17) is 0 Å². The SMILES string of the molecule is CSc1nc(C)nc(C)c1C(=O)N1C(C)SCC1C(=O)O. The van der Waals surface area contributed by atoms with Crippen LogP contribution in [0.15, 0.2) is 5.03 Å². The summed E-state index contributed by atoms with van der Waals surface area (Å²) in [7, 11) is 0. The van der Waals surface area contributed by atoms with Crippen LogP contribution in [0.1, 0.15) is 28.8 Å². The van der Waals surface area contributed by atoms with Crippen LogP contribution in [0.5, 0.6) is 0 Å². The highest BCUT2D eigenvalue weighted by molar-refractivity contribution is 8.00. The molecule has 2 heterocycles. The second-order valence-corrected chi connectivity index (χ2v) is 6.88. The number of carbonyl (C=O) groups is 2. The molecule has 114 valence electrons. The molecule has 0 aliphatic carbocycles. The first-order chi connectivity index (χ1) is 9.86. The van der Waals surface area contributed by atoms with Gasteiger partial charge in [0.1, 0.15) is 16.9 Å². The van der Waals surface area contributed by atoms with Gasteiger partial charge in [0.25, 0.3) is 5.91 Å². The number of carboxylic acids is 1. The second-order valence-electron chi connectivity index (χ2n) is 4.74. The number of hydrogen-bond acceptors (Lipinski definition) is 6. The third-order valence-electron chi connectivity index (χ3n) is 3.32. The first-order valence-corrected chi connectivity index (χ1v) is 8.70. The molecular formula is C13H17N3O3S2. The summed E-state index contributed by atoms with van der Waals surface area (Å²) in [5.41, 5.74) is 0.999. The molecule has 21 heavy (non-hydrogen) atoms. The summed E-state index contributed by atoms with van der Waals surface area (Å²) < 4.78 is 0. The summed E-state index contributed by atoms with van der Waals surface area (Å²) in [6, 6.07) is -0.798. The molecule has 1 fully saturated rings. The van der Waals surface area contributed by atoms with Crippen LogP contribution in [0.3, 0.4) is 0 Å². The van der Waals surface area contributed by atoms with Gasteiger partial charge in [0, 0.05) is 5.75 Å². The van der Waals surface area contributed by atoms with Gasteiger partial charge >= 0.3 is 5.97 Å². The smallest absolute Gasteiger partial charge is 0.327 e. The van der Waals surface area contributed by atoms with Crippen molar-refractivity contribution in [1.82, 2.24) is 14.9 Å². The van der Waals surface area contributed by atoms with Crippen molar-refractivity contribution in [1.29, 1.82) is 0 Å².